The van der Waals surface area contributed by atoms with E-state index in [1.165, 1.54) is 19.2 Å². The van der Waals surface area contributed by atoms with Crippen LogP contribution in [0.1, 0.15) is 25.7 Å². The highest BCUT2D eigenvalue weighted by Gasteiger charge is 2.14. The fourth-order valence-electron chi connectivity index (χ4n) is 1.98. The molecule has 0 radical (unpaired) electrons. The smallest absolute Gasteiger partial charge is 0.159 e. The SMILES string of the molecule is NNc1ncnc(NCCC2CCCCO2)c1Br. The van der Waals surface area contributed by atoms with Gasteiger partial charge in [0.05, 0.1) is 6.10 Å². The summed E-state index contributed by atoms with van der Waals surface area (Å²) in [5, 5.41) is 3.26. The Hall–Kier alpha value is -0.920. The highest BCUT2D eigenvalue weighted by atomic mass is 79.9. The third-order valence-corrected chi connectivity index (χ3v) is 3.71. The van der Waals surface area contributed by atoms with Crippen molar-refractivity contribution in [2.75, 3.05) is 23.9 Å². The normalized spacial score (nSPS) is 19.6. The maximum absolute atomic E-state index is 5.67. The second kappa shape index (κ2) is 6.86. The Morgan fingerprint density at radius 1 is 1.39 bits per heavy atom. The number of ether oxygens (including phenoxy) is 1. The van der Waals surface area contributed by atoms with Crippen molar-refractivity contribution in [1.29, 1.82) is 0 Å². The van der Waals surface area contributed by atoms with Gasteiger partial charge in [-0.25, -0.2) is 15.8 Å². The third-order valence-electron chi connectivity index (χ3n) is 2.96. The zero-order valence-corrected chi connectivity index (χ0v) is 11.7. The highest BCUT2D eigenvalue weighted by Crippen LogP contribution is 2.25. The molecule has 7 heteroatoms. The lowest BCUT2D eigenvalue weighted by atomic mass is 10.1. The van der Waals surface area contributed by atoms with E-state index in [1.54, 1.807) is 0 Å². The summed E-state index contributed by atoms with van der Waals surface area (Å²) in [6.07, 6.45) is 6.44. The van der Waals surface area contributed by atoms with E-state index in [9.17, 15) is 0 Å². The van der Waals surface area contributed by atoms with Gasteiger partial charge >= 0.3 is 0 Å². The lowest BCUT2D eigenvalue weighted by Crippen LogP contribution is -2.22. The highest BCUT2D eigenvalue weighted by molar-refractivity contribution is 9.10. The van der Waals surface area contributed by atoms with Crippen molar-refractivity contribution in [3.8, 4) is 0 Å². The number of anilines is 2. The molecule has 0 aliphatic carbocycles. The monoisotopic (exact) mass is 315 g/mol. The van der Waals surface area contributed by atoms with Gasteiger partial charge in [-0.05, 0) is 41.6 Å². The quantitative estimate of drug-likeness (QED) is 0.568. The molecular formula is C11H18BrN5O. The number of aromatic nitrogens is 2. The van der Waals surface area contributed by atoms with E-state index < -0.39 is 0 Å². The molecule has 1 saturated heterocycles. The Labute approximate surface area is 115 Å². The zero-order chi connectivity index (χ0) is 12.8. The molecule has 0 bridgehead atoms. The summed E-state index contributed by atoms with van der Waals surface area (Å²) in [7, 11) is 0. The molecule has 1 unspecified atom stereocenters. The Kier molecular flexibility index (Phi) is 5.15. The van der Waals surface area contributed by atoms with Crippen LogP contribution in [-0.2, 0) is 4.74 Å². The fraction of sp³-hybridized carbons (Fsp3) is 0.636. The number of halogens is 1. The summed E-state index contributed by atoms with van der Waals surface area (Å²) in [5.74, 6) is 6.66. The first-order chi connectivity index (χ1) is 8.81. The van der Waals surface area contributed by atoms with E-state index >= 15 is 0 Å². The first-order valence-corrected chi connectivity index (χ1v) is 6.93. The molecule has 2 rings (SSSR count). The third kappa shape index (κ3) is 3.54. The Morgan fingerprint density at radius 3 is 2.94 bits per heavy atom. The van der Waals surface area contributed by atoms with E-state index in [0.717, 1.165) is 36.3 Å². The molecule has 4 N–H and O–H groups in total. The van der Waals surface area contributed by atoms with Crippen LogP contribution in [0.3, 0.4) is 0 Å². The molecule has 1 aromatic rings. The summed E-state index contributed by atoms with van der Waals surface area (Å²) in [4.78, 5) is 8.16. The van der Waals surface area contributed by atoms with Gasteiger partial charge in [-0.1, -0.05) is 0 Å². The van der Waals surface area contributed by atoms with Crippen molar-refractivity contribution in [2.45, 2.75) is 31.8 Å². The summed E-state index contributed by atoms with van der Waals surface area (Å²) in [5.41, 5.74) is 2.51. The van der Waals surface area contributed by atoms with Gasteiger partial charge in [-0.15, -0.1) is 0 Å². The molecule has 0 aromatic carbocycles. The van der Waals surface area contributed by atoms with Crippen LogP contribution >= 0.6 is 15.9 Å². The van der Waals surface area contributed by atoms with Crippen LogP contribution in [0.25, 0.3) is 0 Å². The van der Waals surface area contributed by atoms with Crippen molar-refractivity contribution < 1.29 is 4.74 Å². The summed E-state index contributed by atoms with van der Waals surface area (Å²) in [6, 6.07) is 0. The standard InChI is InChI=1S/C11H18BrN5O/c12-9-10(15-7-16-11(9)17-13)14-5-4-8-3-1-2-6-18-8/h7-8H,1-6,13H2,(H2,14,15,16,17). The second-order valence-electron chi connectivity index (χ2n) is 4.23. The van der Waals surface area contributed by atoms with Crippen LogP contribution in [0, 0.1) is 0 Å². The fourth-order valence-corrected chi connectivity index (χ4v) is 2.44. The summed E-state index contributed by atoms with van der Waals surface area (Å²) in [6.45, 7) is 1.72. The molecule has 6 nitrogen and oxygen atoms in total. The van der Waals surface area contributed by atoms with Crippen LogP contribution < -0.4 is 16.6 Å². The maximum Gasteiger partial charge on any atom is 0.159 e. The summed E-state index contributed by atoms with van der Waals surface area (Å²) < 4.78 is 6.42. The Morgan fingerprint density at radius 2 is 2.22 bits per heavy atom. The molecule has 0 amide bonds. The minimum Gasteiger partial charge on any atom is -0.378 e. The molecule has 0 saturated carbocycles. The van der Waals surface area contributed by atoms with Crippen LogP contribution in [0.2, 0.25) is 0 Å². The van der Waals surface area contributed by atoms with Gasteiger partial charge in [-0.3, -0.25) is 0 Å². The average Bonchev–Trinajstić information content (AvgIpc) is 2.42. The molecule has 18 heavy (non-hydrogen) atoms. The Balaban J connectivity index is 1.82. The Bertz CT molecular complexity index is 384. The van der Waals surface area contributed by atoms with E-state index in [2.05, 4.69) is 36.6 Å². The molecular weight excluding hydrogens is 298 g/mol. The number of nitrogen functional groups attached to an aromatic ring is 1. The number of hydrogen-bond acceptors (Lipinski definition) is 6. The van der Waals surface area contributed by atoms with Crippen LogP contribution in [0.4, 0.5) is 11.6 Å². The van der Waals surface area contributed by atoms with Gasteiger partial charge in [0.15, 0.2) is 5.82 Å². The van der Waals surface area contributed by atoms with E-state index in [0.29, 0.717) is 11.9 Å². The molecule has 2 heterocycles. The van der Waals surface area contributed by atoms with E-state index in [1.807, 2.05) is 0 Å². The summed E-state index contributed by atoms with van der Waals surface area (Å²) >= 11 is 3.41. The zero-order valence-electron chi connectivity index (χ0n) is 10.2. The first kappa shape index (κ1) is 13.5. The molecule has 0 spiro atoms. The van der Waals surface area contributed by atoms with Gasteiger partial charge in [-0.2, -0.15) is 0 Å². The topological polar surface area (TPSA) is 85.1 Å². The van der Waals surface area contributed by atoms with E-state index in [4.69, 9.17) is 10.6 Å². The predicted octanol–water partition coefficient (Wildman–Crippen LogP) is 1.90. The molecule has 100 valence electrons. The van der Waals surface area contributed by atoms with Crippen LogP contribution in [0.5, 0.6) is 0 Å². The van der Waals surface area contributed by atoms with Gasteiger partial charge in [0.25, 0.3) is 0 Å². The molecule has 1 aromatic heterocycles. The predicted molar refractivity (Wildman–Crippen MR) is 74.2 cm³/mol. The minimum atomic E-state index is 0.374. The van der Waals surface area contributed by atoms with Crippen molar-refractivity contribution >= 4 is 27.6 Å². The van der Waals surface area contributed by atoms with Crippen molar-refractivity contribution in [3.63, 3.8) is 0 Å². The molecule has 1 fully saturated rings. The number of nitrogens with two attached hydrogens (primary N) is 1. The number of hydrogen-bond donors (Lipinski definition) is 3. The number of hydrazine groups is 1. The molecule has 1 aliphatic rings. The van der Waals surface area contributed by atoms with Crippen molar-refractivity contribution in [3.05, 3.63) is 10.8 Å². The average molecular weight is 316 g/mol. The molecule has 1 atom stereocenters. The maximum atomic E-state index is 5.67. The van der Waals surface area contributed by atoms with Crippen LogP contribution in [-0.4, -0.2) is 29.2 Å². The first-order valence-electron chi connectivity index (χ1n) is 6.14. The minimum absolute atomic E-state index is 0.374. The van der Waals surface area contributed by atoms with Gasteiger partial charge < -0.3 is 15.5 Å². The largest absolute Gasteiger partial charge is 0.378 e. The van der Waals surface area contributed by atoms with Gasteiger partial charge in [0.1, 0.15) is 16.6 Å². The lowest BCUT2D eigenvalue weighted by molar-refractivity contribution is 0.0134. The van der Waals surface area contributed by atoms with Crippen LogP contribution in [0.15, 0.2) is 10.8 Å². The van der Waals surface area contributed by atoms with E-state index in [-0.39, 0.29) is 0 Å². The number of nitrogens with zero attached hydrogens (tertiary/aromatic N) is 2. The van der Waals surface area contributed by atoms with Gasteiger partial charge in [0, 0.05) is 13.2 Å². The lowest BCUT2D eigenvalue weighted by Gasteiger charge is -2.22. The number of rotatable bonds is 5. The second-order valence-corrected chi connectivity index (χ2v) is 5.03. The van der Waals surface area contributed by atoms with Gasteiger partial charge in [0.2, 0.25) is 0 Å². The van der Waals surface area contributed by atoms with Crippen molar-refractivity contribution in [1.82, 2.24) is 9.97 Å². The number of nitrogens with one attached hydrogen (secondary N) is 2. The van der Waals surface area contributed by atoms with Crippen molar-refractivity contribution in [2.24, 2.45) is 5.84 Å². The molecule has 1 aliphatic heterocycles.